The number of nitrogens with zero attached hydrogens (tertiary/aromatic N) is 4. The smallest absolute Gasteiger partial charge is 0.188 e. The first kappa shape index (κ1) is 13.5. The van der Waals surface area contributed by atoms with Crippen LogP contribution in [0.3, 0.4) is 0 Å². The molecular weight excluding hydrogens is 293 g/mol. The van der Waals surface area contributed by atoms with Crippen molar-refractivity contribution in [2.45, 2.75) is 6.92 Å². The van der Waals surface area contributed by atoms with Crippen LogP contribution in [0.15, 0.2) is 36.4 Å². The fraction of sp³-hybridized carbons (Fsp3) is 0.0714. The molecule has 0 fully saturated rings. The lowest BCUT2D eigenvalue weighted by molar-refractivity contribution is 0.624. The highest BCUT2D eigenvalue weighted by molar-refractivity contribution is 6.33. The lowest BCUT2D eigenvalue weighted by Crippen LogP contribution is -2.03. The summed E-state index contributed by atoms with van der Waals surface area (Å²) in [6, 6.07) is 9.46. The number of aryl methyl sites for hydroxylation is 1. The zero-order chi connectivity index (χ0) is 15.0. The number of nitrogens with two attached hydrogens (primary N) is 1. The van der Waals surface area contributed by atoms with E-state index in [1.807, 2.05) is 6.92 Å². The average molecular weight is 304 g/mol. The summed E-state index contributed by atoms with van der Waals surface area (Å²) in [5.74, 6) is 0.0386. The van der Waals surface area contributed by atoms with Gasteiger partial charge in [0.25, 0.3) is 0 Å². The van der Waals surface area contributed by atoms with Crippen molar-refractivity contribution in [3.05, 3.63) is 52.8 Å². The number of aromatic nitrogens is 4. The normalized spacial score (nSPS) is 10.8. The van der Waals surface area contributed by atoms with Gasteiger partial charge in [-0.1, -0.05) is 17.7 Å². The van der Waals surface area contributed by atoms with Crippen molar-refractivity contribution < 1.29 is 4.39 Å². The van der Waals surface area contributed by atoms with E-state index < -0.39 is 0 Å². The molecule has 3 aromatic rings. The molecule has 2 aromatic carbocycles. The molecule has 5 nitrogen and oxygen atoms in total. The van der Waals surface area contributed by atoms with Gasteiger partial charge in [-0.05, 0) is 53.2 Å². The van der Waals surface area contributed by atoms with Crippen molar-refractivity contribution in [2.75, 3.05) is 5.73 Å². The Bertz CT molecular complexity index is 749. The number of benzene rings is 2. The number of rotatable bonds is 2. The van der Waals surface area contributed by atoms with Gasteiger partial charge in [0, 0.05) is 11.3 Å². The van der Waals surface area contributed by atoms with Gasteiger partial charge in [-0.3, -0.25) is 0 Å². The van der Waals surface area contributed by atoms with Gasteiger partial charge in [-0.15, -0.1) is 5.10 Å². The van der Waals surface area contributed by atoms with E-state index in [4.69, 9.17) is 17.3 Å². The fourth-order valence-corrected chi connectivity index (χ4v) is 2.24. The molecule has 0 aliphatic rings. The minimum atomic E-state index is -0.365. The van der Waals surface area contributed by atoms with Crippen LogP contribution in [0.1, 0.15) is 5.56 Å². The minimum absolute atomic E-state index is 0.365. The van der Waals surface area contributed by atoms with Crippen molar-refractivity contribution in [3.8, 4) is 17.1 Å². The first-order chi connectivity index (χ1) is 10.1. The number of tetrazole rings is 1. The summed E-state index contributed by atoms with van der Waals surface area (Å²) < 4.78 is 14.9. The van der Waals surface area contributed by atoms with Crippen LogP contribution >= 0.6 is 11.6 Å². The summed E-state index contributed by atoms with van der Waals surface area (Å²) in [4.78, 5) is 0. The van der Waals surface area contributed by atoms with Crippen LogP contribution in [-0.2, 0) is 0 Å². The lowest BCUT2D eigenvalue weighted by Gasteiger charge is -2.09. The van der Waals surface area contributed by atoms with E-state index in [0.29, 0.717) is 27.8 Å². The SMILES string of the molecule is Cc1ccc(F)cc1-n1nnnc1-c1cc(N)ccc1Cl. The largest absolute Gasteiger partial charge is 0.399 e. The number of hydrogen-bond donors (Lipinski definition) is 1. The Labute approximate surface area is 125 Å². The second-order valence-electron chi connectivity index (χ2n) is 4.58. The van der Waals surface area contributed by atoms with Crippen LogP contribution in [0, 0.1) is 12.7 Å². The van der Waals surface area contributed by atoms with Crippen LogP contribution in [0.2, 0.25) is 5.02 Å². The second-order valence-corrected chi connectivity index (χ2v) is 4.99. The van der Waals surface area contributed by atoms with Crippen LogP contribution in [-0.4, -0.2) is 20.2 Å². The van der Waals surface area contributed by atoms with Gasteiger partial charge in [0.1, 0.15) is 5.82 Å². The molecule has 106 valence electrons. The van der Waals surface area contributed by atoms with Crippen molar-refractivity contribution in [1.82, 2.24) is 20.2 Å². The molecule has 0 radical (unpaired) electrons. The van der Waals surface area contributed by atoms with Gasteiger partial charge in [0.05, 0.1) is 10.7 Å². The monoisotopic (exact) mass is 303 g/mol. The molecule has 0 saturated carbocycles. The average Bonchev–Trinajstić information content (AvgIpc) is 2.93. The number of hydrogen-bond acceptors (Lipinski definition) is 4. The van der Waals surface area contributed by atoms with Crippen molar-refractivity contribution >= 4 is 17.3 Å². The van der Waals surface area contributed by atoms with Gasteiger partial charge >= 0.3 is 0 Å². The standard InChI is InChI=1S/C14H11ClFN5/c1-8-2-3-9(16)6-13(8)21-14(18-19-20-21)11-7-10(17)4-5-12(11)15/h2-7H,17H2,1H3. The Morgan fingerprint density at radius 2 is 2.00 bits per heavy atom. The van der Waals surface area contributed by atoms with E-state index in [-0.39, 0.29) is 5.82 Å². The van der Waals surface area contributed by atoms with Crippen LogP contribution in [0.4, 0.5) is 10.1 Å². The predicted molar refractivity (Wildman–Crippen MR) is 78.7 cm³/mol. The lowest BCUT2D eigenvalue weighted by atomic mass is 10.1. The number of anilines is 1. The highest BCUT2D eigenvalue weighted by Crippen LogP contribution is 2.29. The molecular formula is C14H11ClFN5. The first-order valence-corrected chi connectivity index (χ1v) is 6.54. The van der Waals surface area contributed by atoms with Gasteiger partial charge < -0.3 is 5.73 Å². The first-order valence-electron chi connectivity index (χ1n) is 6.16. The molecule has 3 rings (SSSR count). The summed E-state index contributed by atoms with van der Waals surface area (Å²) in [6.07, 6.45) is 0. The summed E-state index contributed by atoms with van der Waals surface area (Å²) >= 11 is 6.18. The number of halogens is 2. The highest BCUT2D eigenvalue weighted by Gasteiger charge is 2.16. The Balaban J connectivity index is 2.22. The fourth-order valence-electron chi connectivity index (χ4n) is 2.04. The number of nitrogen functional groups attached to an aromatic ring is 1. The summed E-state index contributed by atoms with van der Waals surface area (Å²) in [6.45, 7) is 1.85. The molecule has 0 aliphatic heterocycles. The molecule has 0 aliphatic carbocycles. The Hall–Kier alpha value is -2.47. The summed E-state index contributed by atoms with van der Waals surface area (Å²) in [7, 11) is 0. The van der Waals surface area contributed by atoms with Crippen LogP contribution in [0.25, 0.3) is 17.1 Å². The summed E-state index contributed by atoms with van der Waals surface area (Å²) in [5.41, 5.74) is 8.30. The van der Waals surface area contributed by atoms with Gasteiger partial charge in [-0.2, -0.15) is 4.68 Å². The molecule has 1 aromatic heterocycles. The Morgan fingerprint density at radius 3 is 2.81 bits per heavy atom. The van der Waals surface area contributed by atoms with E-state index in [1.165, 1.54) is 16.8 Å². The Kier molecular flexibility index (Phi) is 3.31. The summed E-state index contributed by atoms with van der Waals surface area (Å²) in [5, 5.41) is 12.0. The van der Waals surface area contributed by atoms with E-state index in [2.05, 4.69) is 15.5 Å². The maximum Gasteiger partial charge on any atom is 0.188 e. The van der Waals surface area contributed by atoms with Crippen molar-refractivity contribution in [3.63, 3.8) is 0 Å². The van der Waals surface area contributed by atoms with Crippen molar-refractivity contribution in [2.24, 2.45) is 0 Å². The Morgan fingerprint density at radius 1 is 1.19 bits per heavy atom. The van der Waals surface area contributed by atoms with E-state index >= 15 is 0 Å². The van der Waals surface area contributed by atoms with Crippen LogP contribution < -0.4 is 5.73 Å². The predicted octanol–water partition coefficient (Wildman–Crippen LogP) is 3.01. The van der Waals surface area contributed by atoms with Gasteiger partial charge in [0.2, 0.25) is 0 Å². The molecule has 21 heavy (non-hydrogen) atoms. The maximum absolute atomic E-state index is 13.5. The van der Waals surface area contributed by atoms with Gasteiger partial charge in [-0.25, -0.2) is 4.39 Å². The molecule has 0 atom stereocenters. The van der Waals surface area contributed by atoms with Gasteiger partial charge in [0.15, 0.2) is 5.82 Å². The molecule has 7 heteroatoms. The third-order valence-electron chi connectivity index (χ3n) is 3.10. The van der Waals surface area contributed by atoms with E-state index in [0.717, 1.165) is 5.56 Å². The minimum Gasteiger partial charge on any atom is -0.399 e. The molecule has 0 saturated heterocycles. The van der Waals surface area contributed by atoms with E-state index in [1.54, 1.807) is 24.3 Å². The third kappa shape index (κ3) is 2.45. The van der Waals surface area contributed by atoms with Crippen molar-refractivity contribution in [1.29, 1.82) is 0 Å². The van der Waals surface area contributed by atoms with Crippen LogP contribution in [0.5, 0.6) is 0 Å². The van der Waals surface area contributed by atoms with E-state index in [9.17, 15) is 4.39 Å². The highest BCUT2D eigenvalue weighted by atomic mass is 35.5. The maximum atomic E-state index is 13.5. The molecule has 0 spiro atoms. The molecule has 0 unspecified atom stereocenters. The zero-order valence-corrected chi connectivity index (χ0v) is 11.8. The molecule has 1 heterocycles. The molecule has 2 N–H and O–H groups in total. The quantitative estimate of drug-likeness (QED) is 0.739. The second kappa shape index (κ2) is 5.14. The topological polar surface area (TPSA) is 69.6 Å². The molecule has 0 amide bonds. The molecule has 0 bridgehead atoms. The third-order valence-corrected chi connectivity index (χ3v) is 3.43. The zero-order valence-electron chi connectivity index (χ0n) is 11.1.